The smallest absolute Gasteiger partial charge is 0.232 e. The van der Waals surface area contributed by atoms with E-state index in [-0.39, 0.29) is 11.5 Å². The number of aromatic nitrogens is 4. The number of ketones is 1. The number of ether oxygens (including phenoxy) is 2. The normalized spacial score (nSPS) is 13.9. The van der Waals surface area contributed by atoms with Crippen LogP contribution in [0.1, 0.15) is 41.0 Å². The van der Waals surface area contributed by atoms with E-state index in [2.05, 4.69) is 19.7 Å². The van der Waals surface area contributed by atoms with Gasteiger partial charge in [-0.3, -0.25) is 9.36 Å². The quantitative estimate of drug-likeness (QED) is 0.314. The van der Waals surface area contributed by atoms with Gasteiger partial charge in [-0.25, -0.2) is 0 Å². The van der Waals surface area contributed by atoms with Gasteiger partial charge in [-0.1, -0.05) is 23.9 Å². The van der Waals surface area contributed by atoms with E-state index in [1.165, 1.54) is 18.2 Å². The molecule has 8 nitrogen and oxygen atoms in total. The highest BCUT2D eigenvalue weighted by Gasteiger charge is 2.24. The van der Waals surface area contributed by atoms with Gasteiger partial charge in [-0.05, 0) is 51.3 Å². The molecule has 0 amide bonds. The SMILES string of the molecule is COCCn1c(C)cc(C(=O)CSc2nnc(N3CCCCC3)n2-c2ccccc2OC)c1C. The average Bonchev–Trinajstić information content (AvgIpc) is 3.42. The van der Waals surface area contributed by atoms with Gasteiger partial charge >= 0.3 is 0 Å². The van der Waals surface area contributed by atoms with E-state index in [0.717, 1.165) is 66.8 Å². The standard InChI is InChI=1S/C25H33N5O3S/c1-18-16-20(19(2)29(18)14-15-32-3)22(31)17-34-25-27-26-24(28-12-8-5-9-13-28)30(25)21-10-6-7-11-23(21)33-4/h6-7,10-11,16H,5,8-9,12-15,17H2,1-4H3. The van der Waals surface area contributed by atoms with Crippen LogP contribution in [-0.4, -0.2) is 64.8 Å². The van der Waals surface area contributed by atoms with Gasteiger partial charge in [0, 0.05) is 43.7 Å². The summed E-state index contributed by atoms with van der Waals surface area (Å²) in [6.07, 6.45) is 3.51. The number of carbonyl (C=O) groups excluding carboxylic acids is 1. The average molecular weight is 484 g/mol. The second kappa shape index (κ2) is 11.1. The number of Topliss-reactive ketones (excluding diaryl/α,β-unsaturated/α-hetero) is 1. The number of benzene rings is 1. The van der Waals surface area contributed by atoms with E-state index >= 15 is 0 Å². The predicted octanol–water partition coefficient (Wildman–Crippen LogP) is 4.31. The Morgan fingerprint density at radius 1 is 1.09 bits per heavy atom. The van der Waals surface area contributed by atoms with Crippen LogP contribution >= 0.6 is 11.8 Å². The van der Waals surface area contributed by atoms with Crippen molar-refractivity contribution in [2.45, 2.75) is 44.8 Å². The number of carbonyl (C=O) groups is 1. The number of nitrogens with zero attached hydrogens (tertiary/aromatic N) is 5. The summed E-state index contributed by atoms with van der Waals surface area (Å²) in [5.41, 5.74) is 3.66. The molecular weight excluding hydrogens is 450 g/mol. The molecule has 0 saturated carbocycles. The number of methoxy groups -OCH3 is 2. The number of para-hydroxylation sites is 2. The zero-order valence-electron chi connectivity index (χ0n) is 20.4. The Bertz CT molecular complexity index is 1130. The van der Waals surface area contributed by atoms with E-state index in [4.69, 9.17) is 9.47 Å². The molecule has 0 unspecified atom stereocenters. The number of aryl methyl sites for hydroxylation is 1. The monoisotopic (exact) mass is 483 g/mol. The van der Waals surface area contributed by atoms with E-state index < -0.39 is 0 Å². The highest BCUT2D eigenvalue weighted by Crippen LogP contribution is 2.33. The third kappa shape index (κ3) is 5.00. The van der Waals surface area contributed by atoms with Gasteiger partial charge in [0.1, 0.15) is 5.75 Å². The fraction of sp³-hybridized carbons (Fsp3) is 0.480. The summed E-state index contributed by atoms with van der Waals surface area (Å²) in [7, 11) is 3.35. The lowest BCUT2D eigenvalue weighted by atomic mass is 10.1. The zero-order chi connectivity index (χ0) is 24.1. The Labute approximate surface area is 205 Å². The first-order valence-electron chi connectivity index (χ1n) is 11.7. The largest absolute Gasteiger partial charge is 0.495 e. The second-order valence-electron chi connectivity index (χ2n) is 8.48. The molecule has 3 aromatic rings. The first-order valence-corrected chi connectivity index (χ1v) is 12.7. The van der Waals surface area contributed by atoms with Crippen LogP contribution in [0, 0.1) is 13.8 Å². The van der Waals surface area contributed by atoms with Gasteiger partial charge in [0.15, 0.2) is 10.9 Å². The van der Waals surface area contributed by atoms with Crippen molar-refractivity contribution < 1.29 is 14.3 Å². The van der Waals surface area contributed by atoms with Gasteiger partial charge < -0.3 is 18.9 Å². The third-order valence-corrected chi connectivity index (χ3v) is 7.24. The summed E-state index contributed by atoms with van der Waals surface area (Å²) < 4.78 is 15.0. The van der Waals surface area contributed by atoms with Crippen molar-refractivity contribution in [3.63, 3.8) is 0 Å². The van der Waals surface area contributed by atoms with Crippen molar-refractivity contribution in [2.75, 3.05) is 44.6 Å². The third-order valence-electron chi connectivity index (χ3n) is 6.31. The summed E-state index contributed by atoms with van der Waals surface area (Å²) in [6.45, 7) is 7.26. The minimum absolute atomic E-state index is 0.0795. The number of hydrogen-bond acceptors (Lipinski definition) is 7. The van der Waals surface area contributed by atoms with Crippen molar-refractivity contribution in [1.29, 1.82) is 0 Å². The molecule has 0 spiro atoms. The molecule has 0 radical (unpaired) electrons. The van der Waals surface area contributed by atoms with E-state index in [1.807, 2.05) is 48.7 Å². The fourth-order valence-electron chi connectivity index (χ4n) is 4.50. The summed E-state index contributed by atoms with van der Waals surface area (Å²) in [5, 5.41) is 9.73. The van der Waals surface area contributed by atoms with Crippen LogP contribution in [0.5, 0.6) is 5.75 Å². The van der Waals surface area contributed by atoms with E-state index in [1.54, 1.807) is 14.2 Å². The van der Waals surface area contributed by atoms with Gasteiger partial charge in [-0.2, -0.15) is 0 Å². The van der Waals surface area contributed by atoms with Gasteiger partial charge in [-0.15, -0.1) is 10.2 Å². The number of piperidine rings is 1. The fourth-order valence-corrected chi connectivity index (χ4v) is 5.32. The number of thioether (sulfide) groups is 1. The molecule has 0 atom stereocenters. The summed E-state index contributed by atoms with van der Waals surface area (Å²) in [4.78, 5) is 15.5. The Kier molecular flexibility index (Phi) is 7.95. The lowest BCUT2D eigenvalue weighted by molar-refractivity contribution is 0.102. The molecule has 0 N–H and O–H groups in total. The van der Waals surface area contributed by atoms with Crippen LogP contribution in [0.15, 0.2) is 35.5 Å². The van der Waals surface area contributed by atoms with Crippen molar-refractivity contribution >= 4 is 23.5 Å². The Morgan fingerprint density at radius 3 is 2.59 bits per heavy atom. The molecule has 9 heteroatoms. The molecule has 1 saturated heterocycles. The molecule has 0 bridgehead atoms. The van der Waals surface area contributed by atoms with Gasteiger partial charge in [0.05, 0.1) is 25.2 Å². The first kappa shape index (κ1) is 24.3. The predicted molar refractivity (Wildman–Crippen MR) is 135 cm³/mol. The Balaban J connectivity index is 1.61. The second-order valence-corrected chi connectivity index (χ2v) is 9.42. The molecule has 34 heavy (non-hydrogen) atoms. The summed E-state index contributed by atoms with van der Waals surface area (Å²) in [5.74, 6) is 1.91. The van der Waals surface area contributed by atoms with E-state index in [0.29, 0.717) is 11.8 Å². The van der Waals surface area contributed by atoms with Crippen LogP contribution in [-0.2, 0) is 11.3 Å². The van der Waals surface area contributed by atoms with Crippen molar-refractivity contribution in [3.8, 4) is 11.4 Å². The van der Waals surface area contributed by atoms with Crippen molar-refractivity contribution in [2.24, 2.45) is 0 Å². The van der Waals surface area contributed by atoms with Crippen molar-refractivity contribution in [1.82, 2.24) is 19.3 Å². The van der Waals surface area contributed by atoms with Gasteiger partial charge in [0.2, 0.25) is 5.95 Å². The number of hydrogen-bond donors (Lipinski definition) is 0. The number of anilines is 1. The van der Waals surface area contributed by atoms with Gasteiger partial charge in [0.25, 0.3) is 0 Å². The Morgan fingerprint density at radius 2 is 1.85 bits per heavy atom. The minimum Gasteiger partial charge on any atom is -0.495 e. The van der Waals surface area contributed by atoms with E-state index in [9.17, 15) is 4.79 Å². The summed E-state index contributed by atoms with van der Waals surface area (Å²) >= 11 is 1.41. The maximum Gasteiger partial charge on any atom is 0.232 e. The molecule has 1 fully saturated rings. The number of rotatable bonds is 10. The summed E-state index contributed by atoms with van der Waals surface area (Å²) in [6, 6.07) is 9.84. The zero-order valence-corrected chi connectivity index (χ0v) is 21.2. The van der Waals surface area contributed by atoms with Crippen molar-refractivity contribution in [3.05, 3.63) is 47.3 Å². The van der Waals surface area contributed by atoms with Crippen LogP contribution in [0.3, 0.4) is 0 Å². The Hall–Kier alpha value is -2.78. The maximum absolute atomic E-state index is 13.2. The van der Waals surface area contributed by atoms with Crippen LogP contribution in [0.2, 0.25) is 0 Å². The molecule has 182 valence electrons. The van der Waals surface area contributed by atoms with Crippen LogP contribution < -0.4 is 9.64 Å². The molecular formula is C25H33N5O3S. The minimum atomic E-state index is 0.0795. The molecule has 1 aromatic carbocycles. The van der Waals surface area contributed by atoms with Crippen LogP contribution in [0.25, 0.3) is 5.69 Å². The molecule has 1 aliphatic rings. The lowest BCUT2D eigenvalue weighted by Gasteiger charge is -2.28. The molecule has 4 rings (SSSR count). The molecule has 1 aliphatic heterocycles. The lowest BCUT2D eigenvalue weighted by Crippen LogP contribution is -2.31. The molecule has 0 aliphatic carbocycles. The van der Waals surface area contributed by atoms with Crippen LogP contribution in [0.4, 0.5) is 5.95 Å². The molecule has 3 heterocycles. The molecule has 2 aromatic heterocycles. The maximum atomic E-state index is 13.2. The first-order chi connectivity index (χ1) is 16.5. The topological polar surface area (TPSA) is 74.4 Å². The highest BCUT2D eigenvalue weighted by molar-refractivity contribution is 7.99. The highest BCUT2D eigenvalue weighted by atomic mass is 32.2.